The van der Waals surface area contributed by atoms with Crippen molar-refractivity contribution in [3.05, 3.63) is 29.3 Å². The van der Waals surface area contributed by atoms with Crippen molar-refractivity contribution in [2.45, 2.75) is 18.4 Å². The fourth-order valence-electron chi connectivity index (χ4n) is 1.51. The van der Waals surface area contributed by atoms with Crippen LogP contribution < -0.4 is 10.1 Å². The number of benzene rings is 1. The standard InChI is InChI=1S/C12H14ClNO3/c13-9-3-1-2-4-10(9)17-7-11(16)14-12(8-15)5-6-12/h1-4,15H,5-8H2,(H,14,16). The van der Waals surface area contributed by atoms with Crippen molar-refractivity contribution in [2.75, 3.05) is 13.2 Å². The Hall–Kier alpha value is -1.26. The minimum Gasteiger partial charge on any atom is -0.482 e. The molecule has 0 bridgehead atoms. The van der Waals surface area contributed by atoms with Crippen LogP contribution in [-0.2, 0) is 4.79 Å². The summed E-state index contributed by atoms with van der Waals surface area (Å²) in [5, 5.41) is 12.3. The van der Waals surface area contributed by atoms with Crippen molar-refractivity contribution in [1.82, 2.24) is 5.32 Å². The highest BCUT2D eigenvalue weighted by molar-refractivity contribution is 6.32. The molecule has 2 N–H and O–H groups in total. The first-order valence-corrected chi connectivity index (χ1v) is 5.82. The molecule has 1 amide bonds. The Labute approximate surface area is 105 Å². The van der Waals surface area contributed by atoms with E-state index in [2.05, 4.69) is 5.32 Å². The minimum absolute atomic E-state index is 0.0230. The van der Waals surface area contributed by atoms with E-state index < -0.39 is 5.54 Å². The summed E-state index contributed by atoms with van der Waals surface area (Å²) >= 11 is 5.88. The number of amides is 1. The lowest BCUT2D eigenvalue weighted by Gasteiger charge is -2.14. The second-order valence-electron chi connectivity index (χ2n) is 4.21. The lowest BCUT2D eigenvalue weighted by atomic mass is 10.3. The number of hydrogen-bond acceptors (Lipinski definition) is 3. The lowest BCUT2D eigenvalue weighted by molar-refractivity contribution is -0.124. The predicted octanol–water partition coefficient (Wildman–Crippen LogP) is 1.36. The molecule has 1 saturated carbocycles. The summed E-state index contributed by atoms with van der Waals surface area (Å²) in [4.78, 5) is 11.6. The van der Waals surface area contributed by atoms with E-state index in [9.17, 15) is 4.79 Å². The van der Waals surface area contributed by atoms with Crippen LogP contribution in [0.15, 0.2) is 24.3 Å². The SMILES string of the molecule is O=C(COc1ccccc1Cl)NC1(CO)CC1. The van der Waals surface area contributed by atoms with E-state index in [1.807, 2.05) is 0 Å². The molecule has 1 fully saturated rings. The van der Waals surface area contributed by atoms with E-state index in [-0.39, 0.29) is 19.1 Å². The summed E-state index contributed by atoms with van der Waals surface area (Å²) in [6.07, 6.45) is 1.64. The van der Waals surface area contributed by atoms with Gasteiger partial charge in [0.15, 0.2) is 6.61 Å². The van der Waals surface area contributed by atoms with Crippen LogP contribution in [0.2, 0.25) is 5.02 Å². The molecule has 1 aromatic carbocycles. The quantitative estimate of drug-likeness (QED) is 0.835. The number of rotatable bonds is 5. The van der Waals surface area contributed by atoms with Crippen LogP contribution in [0.4, 0.5) is 0 Å². The molecule has 0 spiro atoms. The van der Waals surface area contributed by atoms with Gasteiger partial charge in [0.2, 0.25) is 0 Å². The van der Waals surface area contributed by atoms with Gasteiger partial charge in [-0.25, -0.2) is 0 Å². The van der Waals surface area contributed by atoms with Crippen LogP contribution in [0.25, 0.3) is 0 Å². The number of ether oxygens (including phenoxy) is 1. The first kappa shape index (κ1) is 12.2. The van der Waals surface area contributed by atoms with Gasteiger partial charge in [0, 0.05) is 0 Å². The van der Waals surface area contributed by atoms with E-state index in [0.29, 0.717) is 10.8 Å². The van der Waals surface area contributed by atoms with Crippen LogP contribution in [0.3, 0.4) is 0 Å². The molecule has 1 aliphatic carbocycles. The molecule has 2 rings (SSSR count). The number of para-hydroxylation sites is 1. The zero-order valence-corrected chi connectivity index (χ0v) is 10.0. The monoisotopic (exact) mass is 255 g/mol. The van der Waals surface area contributed by atoms with Crippen molar-refractivity contribution in [3.63, 3.8) is 0 Å². The van der Waals surface area contributed by atoms with Gasteiger partial charge >= 0.3 is 0 Å². The zero-order chi connectivity index (χ0) is 12.3. The van der Waals surface area contributed by atoms with E-state index in [4.69, 9.17) is 21.4 Å². The van der Waals surface area contributed by atoms with Gasteiger partial charge in [-0.3, -0.25) is 4.79 Å². The number of carbonyl (C=O) groups is 1. The molecule has 0 aromatic heterocycles. The minimum atomic E-state index is -0.402. The number of nitrogens with one attached hydrogen (secondary N) is 1. The molecular weight excluding hydrogens is 242 g/mol. The van der Waals surface area contributed by atoms with Gasteiger partial charge in [-0.2, -0.15) is 0 Å². The first-order chi connectivity index (χ1) is 8.15. The molecule has 4 nitrogen and oxygen atoms in total. The molecule has 5 heteroatoms. The zero-order valence-electron chi connectivity index (χ0n) is 9.28. The normalized spacial score (nSPS) is 16.4. The molecular formula is C12H14ClNO3. The van der Waals surface area contributed by atoms with E-state index in [1.165, 1.54) is 0 Å². The Morgan fingerprint density at radius 1 is 1.47 bits per heavy atom. The Balaban J connectivity index is 1.82. The Morgan fingerprint density at radius 3 is 2.76 bits per heavy atom. The molecule has 0 saturated heterocycles. The van der Waals surface area contributed by atoms with Gasteiger partial charge in [0.25, 0.3) is 5.91 Å². The Morgan fingerprint density at radius 2 is 2.18 bits per heavy atom. The van der Waals surface area contributed by atoms with Crippen LogP contribution in [0, 0.1) is 0 Å². The largest absolute Gasteiger partial charge is 0.482 e. The third kappa shape index (κ3) is 3.11. The molecule has 92 valence electrons. The Bertz CT molecular complexity index is 418. The maximum Gasteiger partial charge on any atom is 0.258 e. The van der Waals surface area contributed by atoms with Crippen LogP contribution in [0.1, 0.15) is 12.8 Å². The fourth-order valence-corrected chi connectivity index (χ4v) is 1.70. The maximum atomic E-state index is 11.6. The van der Waals surface area contributed by atoms with Gasteiger partial charge in [0.05, 0.1) is 17.2 Å². The third-order valence-corrected chi connectivity index (χ3v) is 3.07. The Kier molecular flexibility index (Phi) is 3.54. The van der Waals surface area contributed by atoms with Gasteiger partial charge in [-0.05, 0) is 25.0 Å². The summed E-state index contributed by atoms with van der Waals surface area (Å²) in [5.74, 6) is 0.245. The van der Waals surface area contributed by atoms with Crippen molar-refractivity contribution in [2.24, 2.45) is 0 Å². The van der Waals surface area contributed by atoms with Crippen molar-refractivity contribution in [3.8, 4) is 5.75 Å². The molecule has 0 heterocycles. The number of halogens is 1. The smallest absolute Gasteiger partial charge is 0.258 e. The first-order valence-electron chi connectivity index (χ1n) is 5.44. The van der Waals surface area contributed by atoms with Crippen LogP contribution in [-0.4, -0.2) is 29.8 Å². The maximum absolute atomic E-state index is 11.6. The molecule has 0 atom stereocenters. The highest BCUT2D eigenvalue weighted by Crippen LogP contribution is 2.34. The summed E-state index contributed by atoms with van der Waals surface area (Å²) in [5.41, 5.74) is -0.402. The third-order valence-electron chi connectivity index (χ3n) is 2.76. The fraction of sp³-hybridized carbons (Fsp3) is 0.417. The molecule has 1 aliphatic rings. The van der Waals surface area contributed by atoms with E-state index in [0.717, 1.165) is 12.8 Å². The number of carbonyl (C=O) groups excluding carboxylic acids is 1. The van der Waals surface area contributed by atoms with Crippen LogP contribution >= 0.6 is 11.6 Å². The summed E-state index contributed by atoms with van der Waals surface area (Å²) in [6.45, 7) is -0.115. The lowest BCUT2D eigenvalue weighted by Crippen LogP contribution is -2.42. The predicted molar refractivity (Wildman–Crippen MR) is 64.1 cm³/mol. The summed E-state index contributed by atoms with van der Waals surface area (Å²) < 4.78 is 5.29. The molecule has 0 unspecified atom stereocenters. The average molecular weight is 256 g/mol. The number of aliphatic hydroxyl groups excluding tert-OH is 1. The molecule has 0 radical (unpaired) electrons. The highest BCUT2D eigenvalue weighted by atomic mass is 35.5. The number of aliphatic hydroxyl groups is 1. The summed E-state index contributed by atoms with van der Waals surface area (Å²) in [6, 6.07) is 6.98. The van der Waals surface area contributed by atoms with Gasteiger partial charge < -0.3 is 15.2 Å². The molecule has 17 heavy (non-hydrogen) atoms. The number of hydrogen-bond donors (Lipinski definition) is 2. The molecule has 1 aromatic rings. The van der Waals surface area contributed by atoms with Crippen molar-refractivity contribution < 1.29 is 14.6 Å². The van der Waals surface area contributed by atoms with Gasteiger partial charge in [-0.1, -0.05) is 23.7 Å². The second-order valence-corrected chi connectivity index (χ2v) is 4.61. The highest BCUT2D eigenvalue weighted by Gasteiger charge is 2.43. The average Bonchev–Trinajstić information content (AvgIpc) is 3.08. The second kappa shape index (κ2) is 4.94. The van der Waals surface area contributed by atoms with Gasteiger partial charge in [-0.15, -0.1) is 0 Å². The molecule has 0 aliphatic heterocycles. The van der Waals surface area contributed by atoms with Gasteiger partial charge in [0.1, 0.15) is 5.75 Å². The van der Waals surface area contributed by atoms with E-state index >= 15 is 0 Å². The van der Waals surface area contributed by atoms with E-state index in [1.54, 1.807) is 24.3 Å². The summed E-state index contributed by atoms with van der Waals surface area (Å²) in [7, 11) is 0. The van der Waals surface area contributed by atoms with Crippen molar-refractivity contribution in [1.29, 1.82) is 0 Å². The topological polar surface area (TPSA) is 58.6 Å². The van der Waals surface area contributed by atoms with Crippen LogP contribution in [0.5, 0.6) is 5.75 Å². The van der Waals surface area contributed by atoms with Crippen molar-refractivity contribution >= 4 is 17.5 Å².